The van der Waals surface area contributed by atoms with E-state index in [0.29, 0.717) is 26.4 Å². The topological polar surface area (TPSA) is 63.2 Å². The number of morpholine rings is 1. The molecular weight excluding hydrogens is 272 g/mol. The summed E-state index contributed by atoms with van der Waals surface area (Å²) in [6.45, 7) is 8.42. The van der Waals surface area contributed by atoms with E-state index in [0.717, 1.165) is 45.7 Å². The van der Waals surface area contributed by atoms with Crippen molar-refractivity contribution in [2.24, 2.45) is 0 Å². The number of aliphatic hydroxyl groups is 1. The summed E-state index contributed by atoms with van der Waals surface area (Å²) in [4.78, 5) is 2.26. The molecule has 126 valence electrons. The molecule has 0 spiro atoms. The monoisotopic (exact) mass is 304 g/mol. The minimum absolute atomic E-state index is 0.212. The molecule has 0 radical (unpaired) electrons. The van der Waals surface area contributed by atoms with E-state index >= 15 is 0 Å². The van der Waals surface area contributed by atoms with Gasteiger partial charge in [-0.3, -0.25) is 0 Å². The quantitative estimate of drug-likeness (QED) is 0.499. The van der Waals surface area contributed by atoms with Gasteiger partial charge < -0.3 is 29.5 Å². The fourth-order valence-corrected chi connectivity index (χ4v) is 2.15. The predicted octanol–water partition coefficient (Wildman–Crippen LogP) is 0.101. The molecule has 1 fully saturated rings. The Morgan fingerprint density at radius 2 is 2.14 bits per heavy atom. The number of likely N-dealkylation sites (N-methyl/N-ethyl adjacent to an activating group) is 1. The second-order valence-corrected chi connectivity index (χ2v) is 5.61. The molecule has 6 nitrogen and oxygen atoms in total. The van der Waals surface area contributed by atoms with E-state index < -0.39 is 6.10 Å². The molecule has 0 saturated carbocycles. The number of hydrogen-bond donors (Lipinski definition) is 2. The Morgan fingerprint density at radius 1 is 1.33 bits per heavy atom. The van der Waals surface area contributed by atoms with Gasteiger partial charge in [-0.2, -0.15) is 0 Å². The minimum Gasteiger partial charge on any atom is -0.389 e. The van der Waals surface area contributed by atoms with Crippen LogP contribution in [0.1, 0.15) is 19.8 Å². The molecule has 0 aliphatic carbocycles. The first-order chi connectivity index (χ1) is 10.2. The molecule has 1 aliphatic heterocycles. The molecule has 2 N–H and O–H groups in total. The van der Waals surface area contributed by atoms with Crippen LogP contribution in [0.2, 0.25) is 0 Å². The van der Waals surface area contributed by atoms with Crippen molar-refractivity contribution in [3.8, 4) is 0 Å². The number of hydrogen-bond acceptors (Lipinski definition) is 6. The molecule has 0 amide bonds. The Labute approximate surface area is 128 Å². The van der Waals surface area contributed by atoms with Gasteiger partial charge in [0.2, 0.25) is 0 Å². The second-order valence-electron chi connectivity index (χ2n) is 5.61. The summed E-state index contributed by atoms with van der Waals surface area (Å²) in [5.41, 5.74) is 0. The van der Waals surface area contributed by atoms with Crippen molar-refractivity contribution in [2.45, 2.75) is 32.0 Å². The summed E-state index contributed by atoms with van der Waals surface area (Å²) < 4.78 is 16.4. The number of nitrogens with one attached hydrogen (secondary N) is 1. The third-order valence-electron chi connectivity index (χ3n) is 3.42. The highest BCUT2D eigenvalue weighted by atomic mass is 16.5. The standard InChI is InChI=1S/C15H32N2O4/c1-3-4-6-19-8-9-20-13-14(18)10-16-11-15-12-17(2)5-7-21-15/h14-16,18H,3-13H2,1-2H3. The van der Waals surface area contributed by atoms with Crippen molar-refractivity contribution in [2.75, 3.05) is 66.3 Å². The van der Waals surface area contributed by atoms with Crippen molar-refractivity contribution >= 4 is 0 Å². The zero-order valence-electron chi connectivity index (χ0n) is 13.6. The van der Waals surface area contributed by atoms with E-state index in [1.807, 2.05) is 0 Å². The van der Waals surface area contributed by atoms with Crippen LogP contribution in [0.15, 0.2) is 0 Å². The smallest absolute Gasteiger partial charge is 0.0897 e. The highest BCUT2D eigenvalue weighted by Crippen LogP contribution is 2.01. The van der Waals surface area contributed by atoms with Gasteiger partial charge in [0.15, 0.2) is 0 Å². The first kappa shape index (κ1) is 18.8. The Morgan fingerprint density at radius 3 is 2.90 bits per heavy atom. The van der Waals surface area contributed by atoms with Gasteiger partial charge in [-0.05, 0) is 13.5 Å². The van der Waals surface area contributed by atoms with Crippen molar-refractivity contribution in [3.63, 3.8) is 0 Å². The fraction of sp³-hybridized carbons (Fsp3) is 1.00. The molecule has 1 aliphatic rings. The molecule has 1 rings (SSSR count). The summed E-state index contributed by atoms with van der Waals surface area (Å²) in [5.74, 6) is 0. The summed E-state index contributed by atoms with van der Waals surface area (Å²) in [6, 6.07) is 0. The zero-order chi connectivity index (χ0) is 15.3. The number of unbranched alkanes of at least 4 members (excludes halogenated alkanes) is 1. The number of nitrogens with zero attached hydrogens (tertiary/aromatic N) is 1. The van der Waals surface area contributed by atoms with Crippen LogP contribution in [-0.2, 0) is 14.2 Å². The van der Waals surface area contributed by atoms with Crippen molar-refractivity contribution in [3.05, 3.63) is 0 Å². The number of rotatable bonds is 12. The molecule has 2 atom stereocenters. The highest BCUT2D eigenvalue weighted by molar-refractivity contribution is 4.72. The highest BCUT2D eigenvalue weighted by Gasteiger charge is 2.17. The maximum absolute atomic E-state index is 9.79. The van der Waals surface area contributed by atoms with Crippen LogP contribution in [0, 0.1) is 0 Å². The van der Waals surface area contributed by atoms with Gasteiger partial charge in [0.05, 0.1) is 38.6 Å². The van der Waals surface area contributed by atoms with Crippen LogP contribution in [0.25, 0.3) is 0 Å². The molecule has 2 unspecified atom stereocenters. The Bertz CT molecular complexity index is 244. The van der Waals surface area contributed by atoms with Crippen LogP contribution in [0.5, 0.6) is 0 Å². The van der Waals surface area contributed by atoms with Gasteiger partial charge in [0.1, 0.15) is 0 Å². The first-order valence-electron chi connectivity index (χ1n) is 8.06. The lowest BCUT2D eigenvalue weighted by Crippen LogP contribution is -2.46. The van der Waals surface area contributed by atoms with Crippen LogP contribution in [0.4, 0.5) is 0 Å². The molecule has 0 aromatic rings. The molecule has 1 saturated heterocycles. The van der Waals surface area contributed by atoms with Gasteiger partial charge in [0.25, 0.3) is 0 Å². The summed E-state index contributed by atoms with van der Waals surface area (Å²) in [6.07, 6.45) is 1.96. The molecule has 0 bridgehead atoms. The molecule has 0 aromatic heterocycles. The average Bonchev–Trinajstić information content (AvgIpc) is 2.46. The number of ether oxygens (including phenoxy) is 3. The normalized spacial score (nSPS) is 21.6. The lowest BCUT2D eigenvalue weighted by molar-refractivity contribution is -0.0223. The Balaban J connectivity index is 1.88. The van der Waals surface area contributed by atoms with Crippen LogP contribution < -0.4 is 5.32 Å². The molecule has 1 heterocycles. The van der Waals surface area contributed by atoms with Gasteiger partial charge in [-0.25, -0.2) is 0 Å². The van der Waals surface area contributed by atoms with E-state index in [2.05, 4.69) is 24.2 Å². The number of aliphatic hydroxyl groups excluding tert-OH is 1. The third-order valence-corrected chi connectivity index (χ3v) is 3.42. The zero-order valence-corrected chi connectivity index (χ0v) is 13.6. The molecular formula is C15H32N2O4. The average molecular weight is 304 g/mol. The summed E-state index contributed by atoms with van der Waals surface area (Å²) in [7, 11) is 2.10. The minimum atomic E-state index is -0.484. The van der Waals surface area contributed by atoms with E-state index in [4.69, 9.17) is 14.2 Å². The molecule has 21 heavy (non-hydrogen) atoms. The van der Waals surface area contributed by atoms with Gasteiger partial charge in [0, 0.05) is 32.8 Å². The van der Waals surface area contributed by atoms with E-state index in [-0.39, 0.29) is 6.10 Å². The summed E-state index contributed by atoms with van der Waals surface area (Å²) in [5, 5.41) is 13.0. The Hall–Kier alpha value is -0.240. The lowest BCUT2D eigenvalue weighted by atomic mass is 10.2. The van der Waals surface area contributed by atoms with Crippen LogP contribution in [-0.4, -0.2) is 88.5 Å². The summed E-state index contributed by atoms with van der Waals surface area (Å²) >= 11 is 0. The molecule has 0 aromatic carbocycles. The van der Waals surface area contributed by atoms with Crippen molar-refractivity contribution < 1.29 is 19.3 Å². The van der Waals surface area contributed by atoms with Gasteiger partial charge in [-0.1, -0.05) is 13.3 Å². The maximum Gasteiger partial charge on any atom is 0.0897 e. The second kappa shape index (κ2) is 12.3. The Kier molecular flexibility index (Phi) is 11.0. The van der Waals surface area contributed by atoms with E-state index in [9.17, 15) is 5.11 Å². The molecule has 6 heteroatoms. The van der Waals surface area contributed by atoms with Gasteiger partial charge in [-0.15, -0.1) is 0 Å². The fourth-order valence-electron chi connectivity index (χ4n) is 2.15. The first-order valence-corrected chi connectivity index (χ1v) is 8.06. The lowest BCUT2D eigenvalue weighted by Gasteiger charge is -2.30. The van der Waals surface area contributed by atoms with E-state index in [1.54, 1.807) is 0 Å². The SMILES string of the molecule is CCCCOCCOCC(O)CNCC1CN(C)CCO1. The third kappa shape index (κ3) is 10.2. The van der Waals surface area contributed by atoms with Gasteiger partial charge >= 0.3 is 0 Å². The van der Waals surface area contributed by atoms with Crippen LogP contribution in [0.3, 0.4) is 0 Å². The largest absolute Gasteiger partial charge is 0.389 e. The predicted molar refractivity (Wildman–Crippen MR) is 82.7 cm³/mol. The van der Waals surface area contributed by atoms with Crippen molar-refractivity contribution in [1.29, 1.82) is 0 Å². The van der Waals surface area contributed by atoms with Crippen molar-refractivity contribution in [1.82, 2.24) is 10.2 Å². The maximum atomic E-state index is 9.79. The van der Waals surface area contributed by atoms with Crippen LogP contribution >= 0.6 is 0 Å². The van der Waals surface area contributed by atoms with E-state index in [1.165, 1.54) is 0 Å².